The highest BCUT2D eigenvalue weighted by Crippen LogP contribution is 2.23. The second kappa shape index (κ2) is 4.79. The maximum absolute atomic E-state index is 13.1. The van der Waals surface area contributed by atoms with Gasteiger partial charge >= 0.3 is 0 Å². The monoisotopic (exact) mass is 251 g/mol. The summed E-state index contributed by atoms with van der Waals surface area (Å²) in [7, 11) is 0. The van der Waals surface area contributed by atoms with Crippen LogP contribution in [0.25, 0.3) is 11.4 Å². The molecule has 0 saturated heterocycles. The van der Waals surface area contributed by atoms with Gasteiger partial charge in [-0.25, -0.2) is 4.39 Å². The van der Waals surface area contributed by atoms with Gasteiger partial charge in [-0.3, -0.25) is 0 Å². The summed E-state index contributed by atoms with van der Waals surface area (Å²) in [5.74, 6) is 0.436. The molecule has 1 N–H and O–H groups in total. The van der Waals surface area contributed by atoms with Crippen molar-refractivity contribution >= 4 is 16.7 Å². The molecule has 0 spiro atoms. The summed E-state index contributed by atoms with van der Waals surface area (Å²) in [5.41, 5.74) is 1.45. The third-order valence-electron chi connectivity index (χ3n) is 2.25. The first-order valence-corrected chi connectivity index (χ1v) is 6.20. The lowest BCUT2D eigenvalue weighted by molar-refractivity contribution is 0.618. The van der Waals surface area contributed by atoms with Crippen LogP contribution in [0.2, 0.25) is 0 Å². The zero-order valence-corrected chi connectivity index (χ0v) is 10.8. The summed E-state index contributed by atoms with van der Waals surface area (Å²) in [6, 6.07) is 5.23. The van der Waals surface area contributed by atoms with Gasteiger partial charge in [0.1, 0.15) is 5.82 Å². The van der Waals surface area contributed by atoms with E-state index >= 15 is 0 Å². The predicted molar refractivity (Wildman–Crippen MR) is 68.8 cm³/mol. The fraction of sp³-hybridized carbons (Fsp3) is 0.333. The van der Waals surface area contributed by atoms with E-state index in [4.69, 9.17) is 0 Å². The van der Waals surface area contributed by atoms with Crippen molar-refractivity contribution < 1.29 is 4.39 Å². The Balaban J connectivity index is 2.27. The highest BCUT2D eigenvalue weighted by Gasteiger charge is 2.08. The van der Waals surface area contributed by atoms with E-state index in [1.165, 1.54) is 17.6 Å². The van der Waals surface area contributed by atoms with E-state index in [9.17, 15) is 4.39 Å². The number of rotatable bonds is 3. The molecule has 5 heteroatoms. The Hall–Kier alpha value is -1.49. The number of hydrogen-bond donors (Lipinski definition) is 1. The van der Waals surface area contributed by atoms with Gasteiger partial charge in [-0.05, 0) is 44.5 Å². The van der Waals surface area contributed by atoms with Crippen molar-refractivity contribution in [2.45, 2.75) is 26.8 Å². The summed E-state index contributed by atoms with van der Waals surface area (Å²) < 4.78 is 17.4. The first-order chi connectivity index (χ1) is 8.06. The minimum absolute atomic E-state index is 0.204. The summed E-state index contributed by atoms with van der Waals surface area (Å²) in [4.78, 5) is 4.37. The number of halogens is 1. The van der Waals surface area contributed by atoms with Crippen molar-refractivity contribution in [1.82, 2.24) is 9.36 Å². The van der Waals surface area contributed by atoms with Crippen molar-refractivity contribution in [2.24, 2.45) is 0 Å². The van der Waals surface area contributed by atoms with Crippen LogP contribution in [0, 0.1) is 12.7 Å². The molecule has 0 unspecified atom stereocenters. The number of hydrogen-bond acceptors (Lipinski definition) is 4. The molecule has 0 aliphatic heterocycles. The highest BCUT2D eigenvalue weighted by atomic mass is 32.1. The van der Waals surface area contributed by atoms with E-state index in [0.29, 0.717) is 17.4 Å². The molecular formula is C12H14FN3S. The minimum Gasteiger partial charge on any atom is -0.358 e. The number of nitrogens with one attached hydrogen (secondary N) is 1. The first kappa shape index (κ1) is 12.0. The van der Waals surface area contributed by atoms with E-state index in [0.717, 1.165) is 10.7 Å². The molecule has 0 aliphatic carbocycles. The van der Waals surface area contributed by atoms with Gasteiger partial charge < -0.3 is 5.32 Å². The van der Waals surface area contributed by atoms with Crippen LogP contribution in [0.1, 0.15) is 19.4 Å². The molecule has 3 nitrogen and oxygen atoms in total. The Bertz CT molecular complexity index is 522. The number of nitrogens with zero attached hydrogens (tertiary/aromatic N) is 2. The molecule has 17 heavy (non-hydrogen) atoms. The van der Waals surface area contributed by atoms with Gasteiger partial charge in [0.05, 0.1) is 0 Å². The quantitative estimate of drug-likeness (QED) is 0.907. The van der Waals surface area contributed by atoms with Crippen LogP contribution in [0.4, 0.5) is 9.52 Å². The van der Waals surface area contributed by atoms with Gasteiger partial charge in [0.25, 0.3) is 0 Å². The average Bonchev–Trinajstić information content (AvgIpc) is 2.69. The molecule has 0 bridgehead atoms. The third kappa shape index (κ3) is 2.79. The summed E-state index contributed by atoms with van der Waals surface area (Å²) in [6.07, 6.45) is 0. The summed E-state index contributed by atoms with van der Waals surface area (Å²) in [5, 5.41) is 3.98. The van der Waals surface area contributed by atoms with Crippen LogP contribution < -0.4 is 5.32 Å². The lowest BCUT2D eigenvalue weighted by atomic mass is 10.1. The fourth-order valence-corrected chi connectivity index (χ4v) is 2.16. The Kier molecular flexibility index (Phi) is 3.38. The summed E-state index contributed by atoms with van der Waals surface area (Å²) >= 11 is 1.32. The SMILES string of the molecule is Cc1cc(-c2nsc(NC(C)C)n2)ccc1F. The van der Waals surface area contributed by atoms with E-state index in [2.05, 4.69) is 14.7 Å². The lowest BCUT2D eigenvalue weighted by Gasteiger charge is -2.03. The number of benzene rings is 1. The smallest absolute Gasteiger partial charge is 0.203 e. The Morgan fingerprint density at radius 1 is 1.35 bits per heavy atom. The predicted octanol–water partition coefficient (Wildman–Crippen LogP) is 3.47. The molecule has 0 amide bonds. The molecule has 0 radical (unpaired) electrons. The standard InChI is InChI=1S/C12H14FN3S/c1-7(2)14-12-15-11(16-17-12)9-4-5-10(13)8(3)6-9/h4-7H,1-3H3,(H,14,15,16). The van der Waals surface area contributed by atoms with E-state index in [1.807, 2.05) is 13.8 Å². The van der Waals surface area contributed by atoms with Crippen molar-refractivity contribution in [2.75, 3.05) is 5.32 Å². The highest BCUT2D eigenvalue weighted by molar-refractivity contribution is 7.09. The van der Waals surface area contributed by atoms with Crippen LogP contribution in [-0.4, -0.2) is 15.4 Å². The first-order valence-electron chi connectivity index (χ1n) is 5.43. The van der Waals surface area contributed by atoms with Crippen LogP contribution in [0.15, 0.2) is 18.2 Å². The van der Waals surface area contributed by atoms with Crippen molar-refractivity contribution in [1.29, 1.82) is 0 Å². The fourth-order valence-electron chi connectivity index (χ4n) is 1.43. The summed E-state index contributed by atoms with van der Waals surface area (Å²) in [6.45, 7) is 5.82. The average molecular weight is 251 g/mol. The molecule has 2 rings (SSSR count). The maximum atomic E-state index is 13.1. The lowest BCUT2D eigenvalue weighted by Crippen LogP contribution is -2.08. The van der Waals surface area contributed by atoms with Crippen LogP contribution in [0.5, 0.6) is 0 Å². The minimum atomic E-state index is -0.204. The van der Waals surface area contributed by atoms with E-state index in [-0.39, 0.29) is 5.82 Å². The van der Waals surface area contributed by atoms with Gasteiger partial charge in [0.2, 0.25) is 5.13 Å². The molecule has 1 heterocycles. The van der Waals surface area contributed by atoms with Gasteiger partial charge in [-0.15, -0.1) is 0 Å². The Morgan fingerprint density at radius 3 is 2.76 bits per heavy atom. The Morgan fingerprint density at radius 2 is 2.12 bits per heavy atom. The molecule has 0 fully saturated rings. The Labute approximate surface area is 104 Å². The number of aryl methyl sites for hydroxylation is 1. The molecule has 2 aromatic rings. The van der Waals surface area contributed by atoms with Crippen molar-refractivity contribution in [3.8, 4) is 11.4 Å². The number of anilines is 1. The topological polar surface area (TPSA) is 37.8 Å². The molecule has 0 atom stereocenters. The van der Waals surface area contributed by atoms with Gasteiger partial charge in [0.15, 0.2) is 5.82 Å². The second-order valence-electron chi connectivity index (χ2n) is 4.19. The molecule has 90 valence electrons. The normalized spacial score (nSPS) is 10.9. The van der Waals surface area contributed by atoms with Crippen LogP contribution in [0.3, 0.4) is 0 Å². The second-order valence-corrected chi connectivity index (χ2v) is 4.94. The molecular weight excluding hydrogens is 237 g/mol. The van der Waals surface area contributed by atoms with Crippen molar-refractivity contribution in [3.05, 3.63) is 29.6 Å². The zero-order valence-electron chi connectivity index (χ0n) is 9.99. The van der Waals surface area contributed by atoms with Gasteiger partial charge in [-0.1, -0.05) is 0 Å². The number of aromatic nitrogens is 2. The van der Waals surface area contributed by atoms with Crippen LogP contribution in [-0.2, 0) is 0 Å². The largest absolute Gasteiger partial charge is 0.358 e. The molecule has 1 aromatic carbocycles. The van der Waals surface area contributed by atoms with Gasteiger partial charge in [-0.2, -0.15) is 9.36 Å². The molecule has 0 aliphatic rings. The third-order valence-corrected chi connectivity index (χ3v) is 2.90. The van der Waals surface area contributed by atoms with E-state index < -0.39 is 0 Å². The molecule has 1 aromatic heterocycles. The van der Waals surface area contributed by atoms with E-state index in [1.54, 1.807) is 19.1 Å². The maximum Gasteiger partial charge on any atom is 0.203 e. The van der Waals surface area contributed by atoms with Crippen molar-refractivity contribution in [3.63, 3.8) is 0 Å². The van der Waals surface area contributed by atoms with Crippen LogP contribution >= 0.6 is 11.5 Å². The van der Waals surface area contributed by atoms with Gasteiger partial charge in [0, 0.05) is 23.1 Å². The zero-order chi connectivity index (χ0) is 12.4. The molecule has 0 saturated carbocycles.